The number of anilines is 1. The van der Waals surface area contributed by atoms with Crippen LogP contribution in [0.2, 0.25) is 0 Å². The molecule has 1 aromatic carbocycles. The van der Waals surface area contributed by atoms with E-state index in [-0.39, 0.29) is 41.8 Å². The summed E-state index contributed by atoms with van der Waals surface area (Å²) in [5.41, 5.74) is 5.63. The lowest BCUT2D eigenvalue weighted by Crippen LogP contribution is -2.49. The molecule has 158 valence electrons. The number of allylic oxidation sites excluding steroid dienone is 1. The average molecular weight is 436 g/mol. The fraction of sp³-hybridized carbons (Fsp3) is 0.261. The third kappa shape index (κ3) is 2.68. The molecule has 1 aliphatic carbocycles. The van der Waals surface area contributed by atoms with Gasteiger partial charge in [-0.1, -0.05) is 24.3 Å². The fourth-order valence-corrected chi connectivity index (χ4v) is 5.65. The first-order valence-electron chi connectivity index (χ1n) is 10.0. The summed E-state index contributed by atoms with van der Waals surface area (Å²) in [6.07, 6.45) is 0.630. The fourth-order valence-electron chi connectivity index (χ4n) is 4.82. The zero-order valence-electron chi connectivity index (χ0n) is 16.8. The first-order valence-corrected chi connectivity index (χ1v) is 10.9. The van der Waals surface area contributed by atoms with Gasteiger partial charge in [-0.3, -0.25) is 9.59 Å². The summed E-state index contributed by atoms with van der Waals surface area (Å²) in [5.74, 6) is -1.44. The molecule has 0 unspecified atom stereocenters. The number of nitrogens with one attached hydrogen (secondary N) is 1. The number of hydrogen-bond acceptors (Lipinski definition) is 7. The summed E-state index contributed by atoms with van der Waals surface area (Å²) in [5, 5.41) is 4.78. The van der Waals surface area contributed by atoms with Gasteiger partial charge >= 0.3 is 5.97 Å². The summed E-state index contributed by atoms with van der Waals surface area (Å²) >= 11 is 1.57. The quantitative estimate of drug-likeness (QED) is 0.716. The maximum atomic E-state index is 13.6. The van der Waals surface area contributed by atoms with Crippen molar-refractivity contribution in [2.24, 2.45) is 5.73 Å². The topological polar surface area (TPSA) is 108 Å². The Morgan fingerprint density at radius 3 is 2.81 bits per heavy atom. The Morgan fingerprint density at radius 2 is 2.06 bits per heavy atom. The lowest BCUT2D eigenvalue weighted by molar-refractivity contribution is -0.141. The highest BCUT2D eigenvalue weighted by Crippen LogP contribution is 2.55. The predicted molar refractivity (Wildman–Crippen MR) is 114 cm³/mol. The van der Waals surface area contributed by atoms with Crippen LogP contribution in [0.4, 0.5) is 5.69 Å². The van der Waals surface area contributed by atoms with E-state index in [4.69, 9.17) is 15.2 Å². The number of para-hydroxylation sites is 1. The molecule has 3 aliphatic rings. The highest BCUT2D eigenvalue weighted by Gasteiger charge is 2.62. The molecule has 0 saturated heterocycles. The molecule has 2 aromatic rings. The largest absolute Gasteiger partial charge is 0.462 e. The van der Waals surface area contributed by atoms with Crippen molar-refractivity contribution < 1.29 is 23.9 Å². The molecule has 5 rings (SSSR count). The summed E-state index contributed by atoms with van der Waals surface area (Å²) < 4.78 is 11.1. The minimum atomic E-state index is -1.68. The maximum absolute atomic E-state index is 13.6. The molecule has 1 amide bonds. The smallest absolute Gasteiger partial charge is 0.341 e. The highest BCUT2D eigenvalue weighted by atomic mass is 32.1. The van der Waals surface area contributed by atoms with Gasteiger partial charge in [0.25, 0.3) is 0 Å². The van der Waals surface area contributed by atoms with E-state index in [1.165, 1.54) is 0 Å². The van der Waals surface area contributed by atoms with Gasteiger partial charge < -0.3 is 20.5 Å². The molecule has 3 N–H and O–H groups in total. The van der Waals surface area contributed by atoms with Gasteiger partial charge in [0.1, 0.15) is 16.7 Å². The SMILES string of the molecule is CCOC(=O)C1=C(N)OC2=C(C(=O)C[C@@H](c3cccs3)C2)[C@]12C(=O)Nc1ccccc12. The molecule has 2 aliphatic heterocycles. The van der Waals surface area contributed by atoms with Gasteiger partial charge in [0.2, 0.25) is 11.8 Å². The van der Waals surface area contributed by atoms with Crippen LogP contribution in [-0.2, 0) is 29.3 Å². The molecule has 3 heterocycles. The number of Topliss-reactive ketones (excluding diaryl/α,β-unsaturated/α-hetero) is 1. The Hall–Kier alpha value is -3.39. The second kappa shape index (κ2) is 7.09. The van der Waals surface area contributed by atoms with E-state index < -0.39 is 17.3 Å². The second-order valence-corrected chi connectivity index (χ2v) is 8.63. The first kappa shape index (κ1) is 19.6. The summed E-state index contributed by atoms with van der Waals surface area (Å²) in [6.45, 7) is 1.75. The van der Waals surface area contributed by atoms with E-state index in [0.717, 1.165) is 4.88 Å². The van der Waals surface area contributed by atoms with Crippen molar-refractivity contribution in [1.29, 1.82) is 0 Å². The van der Waals surface area contributed by atoms with Crippen molar-refractivity contribution in [3.8, 4) is 0 Å². The number of amides is 1. The van der Waals surface area contributed by atoms with Crippen molar-refractivity contribution in [2.75, 3.05) is 11.9 Å². The number of rotatable bonds is 3. The number of nitrogens with two attached hydrogens (primary N) is 1. The van der Waals surface area contributed by atoms with Crippen molar-refractivity contribution in [3.05, 3.63) is 75.0 Å². The highest BCUT2D eigenvalue weighted by molar-refractivity contribution is 7.10. The van der Waals surface area contributed by atoms with Crippen molar-refractivity contribution in [1.82, 2.24) is 0 Å². The van der Waals surface area contributed by atoms with E-state index >= 15 is 0 Å². The molecule has 0 radical (unpaired) electrons. The first-order chi connectivity index (χ1) is 15.0. The van der Waals surface area contributed by atoms with Crippen LogP contribution in [0, 0.1) is 0 Å². The molecule has 8 heteroatoms. The van der Waals surface area contributed by atoms with Crippen molar-refractivity contribution in [3.63, 3.8) is 0 Å². The summed E-state index contributed by atoms with van der Waals surface area (Å²) in [4.78, 5) is 41.2. The van der Waals surface area contributed by atoms with E-state index in [9.17, 15) is 14.4 Å². The molecule has 31 heavy (non-hydrogen) atoms. The Kier molecular flexibility index (Phi) is 4.48. The number of fused-ring (bicyclic) bond motifs is 3. The molecule has 7 nitrogen and oxygen atoms in total. The summed E-state index contributed by atoms with van der Waals surface area (Å²) in [6, 6.07) is 10.9. The standard InChI is InChI=1S/C23H20N2O5S/c1-2-29-21(27)19-20(24)30-16-11-12(17-8-5-9-31-17)10-15(26)18(16)23(19)13-6-3-4-7-14(13)25-22(23)28/h3-9,12H,2,10-11,24H2,1H3,(H,25,28)/t12-,23+/m1/s1. The maximum Gasteiger partial charge on any atom is 0.341 e. The molecular formula is C23H20N2O5S. The number of ether oxygens (including phenoxy) is 2. The van der Waals surface area contributed by atoms with Gasteiger partial charge in [-0.15, -0.1) is 11.3 Å². The number of benzene rings is 1. The van der Waals surface area contributed by atoms with Crippen LogP contribution in [0.1, 0.15) is 36.1 Å². The third-order valence-electron chi connectivity index (χ3n) is 6.00. The molecule has 0 saturated carbocycles. The Balaban J connectivity index is 1.75. The number of ketones is 1. The van der Waals surface area contributed by atoms with E-state index in [2.05, 4.69) is 5.32 Å². The normalized spacial score (nSPS) is 24.6. The van der Waals surface area contributed by atoms with Crippen LogP contribution in [-0.4, -0.2) is 24.3 Å². The number of hydrogen-bond donors (Lipinski definition) is 2. The molecular weight excluding hydrogens is 416 g/mol. The van der Waals surface area contributed by atoms with Gasteiger partial charge in [0, 0.05) is 34.9 Å². The third-order valence-corrected chi connectivity index (χ3v) is 7.03. The molecule has 2 atom stereocenters. The van der Waals surface area contributed by atoms with Crippen LogP contribution in [0.3, 0.4) is 0 Å². The van der Waals surface area contributed by atoms with Gasteiger partial charge in [-0.05, 0) is 24.4 Å². The van der Waals surface area contributed by atoms with E-state index in [1.807, 2.05) is 17.5 Å². The molecule has 1 aromatic heterocycles. The minimum absolute atomic E-state index is 0.0695. The number of carbonyl (C=O) groups is 3. The molecule has 0 fully saturated rings. The Labute approximate surface area is 182 Å². The predicted octanol–water partition coefficient (Wildman–Crippen LogP) is 3.10. The summed E-state index contributed by atoms with van der Waals surface area (Å²) in [7, 11) is 0. The lowest BCUT2D eigenvalue weighted by atomic mass is 9.63. The number of carbonyl (C=O) groups excluding carboxylic acids is 3. The van der Waals surface area contributed by atoms with Crippen LogP contribution in [0.25, 0.3) is 0 Å². The number of esters is 1. The van der Waals surface area contributed by atoms with Crippen LogP contribution in [0.5, 0.6) is 0 Å². The van der Waals surface area contributed by atoms with Gasteiger partial charge in [0.05, 0.1) is 12.2 Å². The van der Waals surface area contributed by atoms with Crippen molar-refractivity contribution >= 4 is 34.7 Å². The zero-order valence-corrected chi connectivity index (χ0v) is 17.6. The monoisotopic (exact) mass is 436 g/mol. The minimum Gasteiger partial charge on any atom is -0.462 e. The van der Waals surface area contributed by atoms with Gasteiger partial charge in [-0.25, -0.2) is 4.79 Å². The average Bonchev–Trinajstić information content (AvgIpc) is 3.36. The number of thiophene rings is 1. The van der Waals surface area contributed by atoms with Crippen LogP contribution >= 0.6 is 11.3 Å². The van der Waals surface area contributed by atoms with Gasteiger partial charge in [-0.2, -0.15) is 0 Å². The van der Waals surface area contributed by atoms with E-state index in [0.29, 0.717) is 23.4 Å². The van der Waals surface area contributed by atoms with Crippen LogP contribution in [0.15, 0.2) is 64.6 Å². The Morgan fingerprint density at radius 1 is 1.26 bits per heavy atom. The molecule has 1 spiro atoms. The Bertz CT molecular complexity index is 1180. The van der Waals surface area contributed by atoms with Crippen molar-refractivity contribution in [2.45, 2.75) is 31.1 Å². The van der Waals surface area contributed by atoms with Crippen LogP contribution < -0.4 is 11.1 Å². The zero-order chi connectivity index (χ0) is 21.8. The molecule has 0 bridgehead atoms. The lowest BCUT2D eigenvalue weighted by Gasteiger charge is -2.39. The van der Waals surface area contributed by atoms with E-state index in [1.54, 1.807) is 42.5 Å². The van der Waals surface area contributed by atoms with Gasteiger partial charge in [0.15, 0.2) is 5.78 Å². The second-order valence-electron chi connectivity index (χ2n) is 7.65.